The van der Waals surface area contributed by atoms with Crippen LogP contribution in [-0.4, -0.2) is 55.6 Å². The number of nitrogens with zero attached hydrogens (tertiary/aromatic N) is 1. The van der Waals surface area contributed by atoms with E-state index in [1.54, 1.807) is 11.9 Å². The summed E-state index contributed by atoms with van der Waals surface area (Å²) in [5.41, 5.74) is 6.25. The molecule has 3 fully saturated rings. The summed E-state index contributed by atoms with van der Waals surface area (Å²) in [5, 5.41) is 2.61. The predicted molar refractivity (Wildman–Crippen MR) is 72.7 cm³/mol. The fraction of sp³-hybridized carbons (Fsp3) is 0.857. The number of nitrogens with two attached hydrogens (primary N) is 1. The van der Waals surface area contributed by atoms with E-state index in [0.717, 1.165) is 19.3 Å². The molecule has 0 radical (unpaired) electrons. The van der Waals surface area contributed by atoms with Gasteiger partial charge in [0.1, 0.15) is 6.04 Å². The summed E-state index contributed by atoms with van der Waals surface area (Å²) in [6, 6.07) is -0.540. The van der Waals surface area contributed by atoms with Crippen LogP contribution in [0.15, 0.2) is 0 Å². The van der Waals surface area contributed by atoms with Gasteiger partial charge in [-0.1, -0.05) is 0 Å². The van der Waals surface area contributed by atoms with Gasteiger partial charge in [0.25, 0.3) is 0 Å². The lowest BCUT2D eigenvalue weighted by Crippen LogP contribution is -2.59. The molecule has 0 aromatic carbocycles. The van der Waals surface area contributed by atoms with E-state index in [-0.39, 0.29) is 30.4 Å². The summed E-state index contributed by atoms with van der Waals surface area (Å²) in [5.74, 6) is 0.708. The van der Waals surface area contributed by atoms with Crippen molar-refractivity contribution in [3.8, 4) is 0 Å². The Balaban J connectivity index is 1.76. The maximum absolute atomic E-state index is 12.8. The molecule has 2 bridgehead atoms. The molecule has 1 heterocycles. The average Bonchev–Trinajstić information content (AvgIpc) is 3.06. The van der Waals surface area contributed by atoms with Gasteiger partial charge in [0.15, 0.2) is 0 Å². The van der Waals surface area contributed by atoms with Gasteiger partial charge < -0.3 is 20.7 Å². The van der Waals surface area contributed by atoms with Crippen molar-refractivity contribution >= 4 is 11.8 Å². The Labute approximate surface area is 119 Å². The minimum atomic E-state index is -0.507. The van der Waals surface area contributed by atoms with Gasteiger partial charge in [-0.25, -0.2) is 0 Å². The summed E-state index contributed by atoms with van der Waals surface area (Å²) < 4.78 is 5.35. The van der Waals surface area contributed by atoms with Crippen molar-refractivity contribution in [3.63, 3.8) is 0 Å². The fourth-order valence-corrected chi connectivity index (χ4v) is 4.15. The van der Waals surface area contributed by atoms with Crippen LogP contribution in [-0.2, 0) is 14.3 Å². The molecule has 2 amide bonds. The maximum atomic E-state index is 12.8. The van der Waals surface area contributed by atoms with Crippen LogP contribution in [0.2, 0.25) is 0 Å². The molecule has 1 aliphatic heterocycles. The smallest absolute Gasteiger partial charge is 0.244 e. The van der Waals surface area contributed by atoms with Gasteiger partial charge >= 0.3 is 0 Å². The molecule has 1 saturated heterocycles. The highest BCUT2D eigenvalue weighted by Crippen LogP contribution is 2.48. The SMILES string of the molecule is CNC(=O)C1COCCN1C(=O)C1C2CCC(C2)C1N. The van der Waals surface area contributed by atoms with Crippen LogP contribution >= 0.6 is 0 Å². The topological polar surface area (TPSA) is 84.7 Å². The molecule has 3 aliphatic rings. The van der Waals surface area contributed by atoms with Crippen molar-refractivity contribution in [1.29, 1.82) is 0 Å². The second-order valence-corrected chi connectivity index (χ2v) is 6.17. The summed E-state index contributed by atoms with van der Waals surface area (Å²) in [6.45, 7) is 1.26. The van der Waals surface area contributed by atoms with Crippen molar-refractivity contribution in [2.45, 2.75) is 31.3 Å². The first-order chi connectivity index (χ1) is 9.63. The number of ether oxygens (including phenoxy) is 1. The van der Waals surface area contributed by atoms with Gasteiger partial charge in [-0.15, -0.1) is 0 Å². The highest BCUT2D eigenvalue weighted by molar-refractivity contribution is 5.89. The van der Waals surface area contributed by atoms with E-state index in [1.807, 2.05) is 0 Å². The van der Waals surface area contributed by atoms with E-state index < -0.39 is 6.04 Å². The predicted octanol–water partition coefficient (Wildman–Crippen LogP) is -0.667. The number of amides is 2. The van der Waals surface area contributed by atoms with Crippen molar-refractivity contribution in [2.24, 2.45) is 23.5 Å². The zero-order chi connectivity index (χ0) is 14.3. The lowest BCUT2D eigenvalue weighted by Gasteiger charge is -2.38. The largest absolute Gasteiger partial charge is 0.377 e. The van der Waals surface area contributed by atoms with Gasteiger partial charge in [0, 0.05) is 19.6 Å². The Morgan fingerprint density at radius 3 is 2.70 bits per heavy atom. The first-order valence-corrected chi connectivity index (χ1v) is 7.49. The normalized spacial score (nSPS) is 39.9. The van der Waals surface area contributed by atoms with Gasteiger partial charge in [0.2, 0.25) is 11.8 Å². The van der Waals surface area contributed by atoms with E-state index in [9.17, 15) is 9.59 Å². The molecule has 3 rings (SSSR count). The number of carbonyl (C=O) groups excluding carboxylic acids is 2. The molecule has 2 saturated carbocycles. The van der Waals surface area contributed by atoms with Gasteiger partial charge in [-0.05, 0) is 31.1 Å². The number of carbonyl (C=O) groups is 2. The summed E-state index contributed by atoms with van der Waals surface area (Å²) in [7, 11) is 1.59. The third kappa shape index (κ3) is 2.11. The van der Waals surface area contributed by atoms with Crippen LogP contribution in [0, 0.1) is 17.8 Å². The Hall–Kier alpha value is -1.14. The third-order valence-electron chi connectivity index (χ3n) is 5.23. The molecule has 3 N–H and O–H groups in total. The lowest BCUT2D eigenvalue weighted by atomic mass is 9.83. The molecule has 112 valence electrons. The maximum Gasteiger partial charge on any atom is 0.244 e. The fourth-order valence-electron chi connectivity index (χ4n) is 4.15. The molecule has 6 nitrogen and oxygen atoms in total. The first-order valence-electron chi connectivity index (χ1n) is 7.49. The zero-order valence-corrected chi connectivity index (χ0v) is 11.9. The molecule has 0 aromatic heterocycles. The first kappa shape index (κ1) is 13.8. The average molecular weight is 281 g/mol. The molecule has 0 spiro atoms. The quantitative estimate of drug-likeness (QED) is 0.703. The number of hydrogen-bond acceptors (Lipinski definition) is 4. The number of nitrogens with one attached hydrogen (secondary N) is 1. The highest BCUT2D eigenvalue weighted by Gasteiger charge is 2.51. The highest BCUT2D eigenvalue weighted by atomic mass is 16.5. The van der Waals surface area contributed by atoms with Crippen LogP contribution in [0.5, 0.6) is 0 Å². The van der Waals surface area contributed by atoms with Crippen LogP contribution < -0.4 is 11.1 Å². The number of morpholine rings is 1. The molecule has 5 atom stereocenters. The van der Waals surface area contributed by atoms with Crippen molar-refractivity contribution < 1.29 is 14.3 Å². The second kappa shape index (κ2) is 5.33. The molecule has 5 unspecified atom stereocenters. The minimum Gasteiger partial charge on any atom is -0.377 e. The molecule has 6 heteroatoms. The monoisotopic (exact) mass is 281 g/mol. The van der Waals surface area contributed by atoms with Crippen LogP contribution in [0.4, 0.5) is 0 Å². The Bertz CT molecular complexity index is 412. The Kier molecular flexibility index (Phi) is 3.69. The van der Waals surface area contributed by atoms with Crippen molar-refractivity contribution in [2.75, 3.05) is 26.8 Å². The summed E-state index contributed by atoms with van der Waals surface area (Å²) in [6.07, 6.45) is 3.33. The summed E-state index contributed by atoms with van der Waals surface area (Å²) >= 11 is 0. The van der Waals surface area contributed by atoms with Crippen molar-refractivity contribution in [1.82, 2.24) is 10.2 Å². The molecular weight excluding hydrogens is 258 g/mol. The van der Waals surface area contributed by atoms with E-state index >= 15 is 0 Å². The minimum absolute atomic E-state index is 0.0329. The number of rotatable bonds is 2. The molecule has 0 aromatic rings. The van der Waals surface area contributed by atoms with Crippen LogP contribution in [0.3, 0.4) is 0 Å². The number of fused-ring (bicyclic) bond motifs is 2. The second-order valence-electron chi connectivity index (χ2n) is 6.17. The van der Waals surface area contributed by atoms with E-state index in [0.29, 0.717) is 25.0 Å². The number of likely N-dealkylation sites (N-methyl/N-ethyl adjacent to an activating group) is 1. The molecular formula is C14H23N3O3. The Morgan fingerprint density at radius 1 is 1.30 bits per heavy atom. The van der Waals surface area contributed by atoms with Crippen molar-refractivity contribution in [3.05, 3.63) is 0 Å². The van der Waals surface area contributed by atoms with E-state index in [2.05, 4.69) is 5.32 Å². The molecule has 20 heavy (non-hydrogen) atoms. The van der Waals surface area contributed by atoms with Crippen LogP contribution in [0.1, 0.15) is 19.3 Å². The standard InChI is InChI=1S/C14H23N3O3/c1-16-13(18)10-7-20-5-4-17(10)14(19)11-8-2-3-9(6-8)12(11)15/h8-12H,2-7,15H2,1H3,(H,16,18). The Morgan fingerprint density at radius 2 is 2.05 bits per heavy atom. The third-order valence-corrected chi connectivity index (χ3v) is 5.23. The van der Waals surface area contributed by atoms with E-state index in [4.69, 9.17) is 10.5 Å². The lowest BCUT2D eigenvalue weighted by molar-refractivity contribution is -0.153. The molecule has 2 aliphatic carbocycles. The van der Waals surface area contributed by atoms with Gasteiger partial charge in [-0.3, -0.25) is 9.59 Å². The van der Waals surface area contributed by atoms with Gasteiger partial charge in [0.05, 0.1) is 19.1 Å². The van der Waals surface area contributed by atoms with Crippen LogP contribution in [0.25, 0.3) is 0 Å². The zero-order valence-electron chi connectivity index (χ0n) is 11.9. The summed E-state index contributed by atoms with van der Waals surface area (Å²) in [4.78, 5) is 26.5. The van der Waals surface area contributed by atoms with E-state index in [1.165, 1.54) is 0 Å². The number of hydrogen-bond donors (Lipinski definition) is 2. The van der Waals surface area contributed by atoms with Gasteiger partial charge in [-0.2, -0.15) is 0 Å².